The van der Waals surface area contributed by atoms with Gasteiger partial charge in [-0.3, -0.25) is 9.59 Å². The summed E-state index contributed by atoms with van der Waals surface area (Å²) < 4.78 is 5.07. The van der Waals surface area contributed by atoms with Crippen LogP contribution in [0.15, 0.2) is 24.3 Å². The lowest BCUT2D eigenvalue weighted by molar-refractivity contribution is -0.118. The summed E-state index contributed by atoms with van der Waals surface area (Å²) in [5, 5.41) is 5.62. The van der Waals surface area contributed by atoms with E-state index in [0.29, 0.717) is 17.9 Å². The van der Waals surface area contributed by atoms with Gasteiger partial charge in [-0.05, 0) is 31.0 Å². The predicted molar refractivity (Wildman–Crippen MR) is 80.9 cm³/mol. The topological polar surface area (TPSA) is 93.4 Å². The van der Waals surface area contributed by atoms with Gasteiger partial charge in [-0.2, -0.15) is 0 Å². The number of ether oxygens (including phenoxy) is 1. The molecule has 1 atom stereocenters. The number of benzene rings is 1. The van der Waals surface area contributed by atoms with Crippen LogP contribution in [-0.4, -0.2) is 31.6 Å². The maximum absolute atomic E-state index is 11.9. The highest BCUT2D eigenvalue weighted by Crippen LogP contribution is 2.30. The van der Waals surface area contributed by atoms with Gasteiger partial charge < -0.3 is 21.1 Å². The quantitative estimate of drug-likeness (QED) is 0.706. The highest BCUT2D eigenvalue weighted by molar-refractivity contribution is 5.96. The van der Waals surface area contributed by atoms with Crippen LogP contribution in [0.1, 0.15) is 19.3 Å². The fraction of sp³-hybridized carbons (Fsp3) is 0.467. The van der Waals surface area contributed by atoms with E-state index in [2.05, 4.69) is 10.6 Å². The Morgan fingerprint density at radius 2 is 2.00 bits per heavy atom. The van der Waals surface area contributed by atoms with Crippen LogP contribution in [0, 0.1) is 5.92 Å². The highest BCUT2D eigenvalue weighted by Gasteiger charge is 2.29. The number of hydrogen-bond acceptors (Lipinski definition) is 4. The first-order valence-corrected chi connectivity index (χ1v) is 7.06. The van der Waals surface area contributed by atoms with Crippen molar-refractivity contribution in [3.8, 4) is 0 Å². The average Bonchev–Trinajstić information content (AvgIpc) is 3.29. The molecule has 21 heavy (non-hydrogen) atoms. The fourth-order valence-corrected chi connectivity index (χ4v) is 1.95. The largest absolute Gasteiger partial charge is 0.380 e. The molecule has 0 bridgehead atoms. The maximum Gasteiger partial charge on any atom is 0.227 e. The fourth-order valence-electron chi connectivity index (χ4n) is 1.95. The van der Waals surface area contributed by atoms with Crippen molar-refractivity contribution in [1.82, 2.24) is 0 Å². The molecular formula is C15H21N3O3. The summed E-state index contributed by atoms with van der Waals surface area (Å²) in [5.41, 5.74) is 6.81. The molecule has 1 aliphatic carbocycles. The third kappa shape index (κ3) is 4.84. The van der Waals surface area contributed by atoms with Crippen LogP contribution >= 0.6 is 0 Å². The Kier molecular flexibility index (Phi) is 5.30. The second-order valence-corrected chi connectivity index (χ2v) is 5.19. The third-order valence-electron chi connectivity index (χ3n) is 3.37. The van der Waals surface area contributed by atoms with E-state index in [9.17, 15) is 9.59 Å². The standard InChI is InChI=1S/C15H21N3O3/c1-21-13(9-16)8-14(19)17-11-3-2-4-12(7-11)18-15(20)10-5-6-10/h2-4,7,10,13H,5-6,8-9,16H2,1H3,(H,17,19)(H,18,20). The number of methoxy groups -OCH3 is 1. The number of rotatable bonds is 7. The van der Waals surface area contributed by atoms with Crippen molar-refractivity contribution in [3.63, 3.8) is 0 Å². The Morgan fingerprint density at radius 3 is 2.57 bits per heavy atom. The molecule has 2 rings (SSSR count). The van der Waals surface area contributed by atoms with E-state index < -0.39 is 0 Å². The van der Waals surface area contributed by atoms with Crippen LogP contribution in [-0.2, 0) is 14.3 Å². The van der Waals surface area contributed by atoms with Crippen molar-refractivity contribution in [2.45, 2.75) is 25.4 Å². The maximum atomic E-state index is 11.9. The van der Waals surface area contributed by atoms with Crippen LogP contribution in [0.2, 0.25) is 0 Å². The summed E-state index contributed by atoms with van der Waals surface area (Å²) in [6.07, 6.45) is 1.83. The van der Waals surface area contributed by atoms with Gasteiger partial charge in [-0.1, -0.05) is 6.07 Å². The van der Waals surface area contributed by atoms with E-state index in [0.717, 1.165) is 12.8 Å². The second kappa shape index (κ2) is 7.19. The smallest absolute Gasteiger partial charge is 0.227 e. The molecule has 114 valence electrons. The minimum atomic E-state index is -0.289. The number of nitrogens with one attached hydrogen (secondary N) is 2. The summed E-state index contributed by atoms with van der Waals surface area (Å²) in [6.45, 7) is 0.293. The zero-order valence-corrected chi connectivity index (χ0v) is 12.1. The van der Waals surface area contributed by atoms with Crippen LogP contribution < -0.4 is 16.4 Å². The minimum Gasteiger partial charge on any atom is -0.380 e. The van der Waals surface area contributed by atoms with Gasteiger partial charge in [0.25, 0.3) is 0 Å². The molecule has 0 radical (unpaired) electrons. The van der Waals surface area contributed by atoms with Crippen LogP contribution in [0.3, 0.4) is 0 Å². The molecule has 1 aliphatic rings. The van der Waals surface area contributed by atoms with Crippen molar-refractivity contribution in [2.75, 3.05) is 24.3 Å². The second-order valence-electron chi connectivity index (χ2n) is 5.19. The van der Waals surface area contributed by atoms with Gasteiger partial charge >= 0.3 is 0 Å². The molecule has 1 fully saturated rings. The number of nitrogens with two attached hydrogens (primary N) is 1. The zero-order valence-electron chi connectivity index (χ0n) is 12.1. The first kappa shape index (κ1) is 15.5. The van der Waals surface area contributed by atoms with Gasteiger partial charge in [0.05, 0.1) is 12.5 Å². The first-order valence-electron chi connectivity index (χ1n) is 7.06. The molecule has 1 unspecified atom stereocenters. The Labute approximate surface area is 124 Å². The lowest BCUT2D eigenvalue weighted by atomic mass is 10.2. The zero-order chi connectivity index (χ0) is 15.2. The number of amides is 2. The van der Waals surface area contributed by atoms with Crippen LogP contribution in [0.4, 0.5) is 11.4 Å². The van der Waals surface area contributed by atoms with Gasteiger partial charge in [0.2, 0.25) is 11.8 Å². The number of carbonyl (C=O) groups is 2. The van der Waals surface area contributed by atoms with E-state index in [4.69, 9.17) is 10.5 Å². The molecule has 1 aromatic rings. The first-order chi connectivity index (χ1) is 10.1. The minimum absolute atomic E-state index is 0.0426. The lowest BCUT2D eigenvalue weighted by Crippen LogP contribution is -2.28. The van der Waals surface area contributed by atoms with E-state index in [1.54, 1.807) is 24.3 Å². The Hall–Kier alpha value is -1.92. The van der Waals surface area contributed by atoms with E-state index in [1.165, 1.54) is 7.11 Å². The molecule has 0 saturated heterocycles. The molecule has 6 nitrogen and oxygen atoms in total. The summed E-state index contributed by atoms with van der Waals surface area (Å²) in [5.74, 6) is 0.0225. The van der Waals surface area contributed by atoms with Crippen molar-refractivity contribution >= 4 is 23.2 Å². The van der Waals surface area contributed by atoms with E-state index >= 15 is 0 Å². The van der Waals surface area contributed by atoms with Gasteiger partial charge in [0.1, 0.15) is 0 Å². The molecule has 4 N–H and O–H groups in total. The summed E-state index contributed by atoms with van der Waals surface area (Å²) in [4.78, 5) is 23.6. The predicted octanol–water partition coefficient (Wildman–Crippen LogP) is 1.34. The van der Waals surface area contributed by atoms with Crippen molar-refractivity contribution in [2.24, 2.45) is 11.7 Å². The molecule has 1 saturated carbocycles. The lowest BCUT2D eigenvalue weighted by Gasteiger charge is -2.13. The van der Waals surface area contributed by atoms with E-state index in [1.807, 2.05) is 0 Å². The molecule has 1 aromatic carbocycles. The summed E-state index contributed by atoms with van der Waals surface area (Å²) in [7, 11) is 1.53. The average molecular weight is 291 g/mol. The Bertz CT molecular complexity index is 511. The van der Waals surface area contributed by atoms with Gasteiger partial charge in [0.15, 0.2) is 0 Å². The summed E-state index contributed by atoms with van der Waals surface area (Å²) in [6, 6.07) is 7.10. The molecule has 0 spiro atoms. The molecule has 2 amide bonds. The third-order valence-corrected chi connectivity index (χ3v) is 3.37. The summed E-state index contributed by atoms with van der Waals surface area (Å²) >= 11 is 0. The van der Waals surface area contributed by atoms with E-state index in [-0.39, 0.29) is 30.3 Å². The molecule has 0 aromatic heterocycles. The van der Waals surface area contributed by atoms with Crippen LogP contribution in [0.25, 0.3) is 0 Å². The van der Waals surface area contributed by atoms with Crippen molar-refractivity contribution in [1.29, 1.82) is 0 Å². The number of hydrogen-bond donors (Lipinski definition) is 3. The van der Waals surface area contributed by atoms with Gasteiger partial charge in [0, 0.05) is 30.9 Å². The normalized spacial score (nSPS) is 15.3. The molecular weight excluding hydrogens is 270 g/mol. The Morgan fingerprint density at radius 1 is 1.33 bits per heavy atom. The van der Waals surface area contributed by atoms with Crippen molar-refractivity contribution < 1.29 is 14.3 Å². The van der Waals surface area contributed by atoms with Gasteiger partial charge in [-0.15, -0.1) is 0 Å². The molecule has 0 aliphatic heterocycles. The van der Waals surface area contributed by atoms with Crippen LogP contribution in [0.5, 0.6) is 0 Å². The number of anilines is 2. The molecule has 6 heteroatoms. The monoisotopic (exact) mass is 291 g/mol. The highest BCUT2D eigenvalue weighted by atomic mass is 16.5. The Balaban J connectivity index is 1.90. The van der Waals surface area contributed by atoms with Gasteiger partial charge in [-0.25, -0.2) is 0 Å². The molecule has 0 heterocycles. The SMILES string of the molecule is COC(CN)CC(=O)Nc1cccc(NC(=O)C2CC2)c1. The number of carbonyl (C=O) groups excluding carboxylic acids is 2. The van der Waals surface area contributed by atoms with Crippen molar-refractivity contribution in [3.05, 3.63) is 24.3 Å².